The molecule has 0 saturated heterocycles. The third kappa shape index (κ3) is 2.11. The number of rotatable bonds is 2. The van der Waals surface area contributed by atoms with E-state index in [9.17, 15) is 9.18 Å². The van der Waals surface area contributed by atoms with Crippen molar-refractivity contribution in [3.8, 4) is 0 Å². The first-order chi connectivity index (χ1) is 6.02. The summed E-state index contributed by atoms with van der Waals surface area (Å²) >= 11 is 0. The van der Waals surface area contributed by atoms with Crippen molar-refractivity contribution < 1.29 is 19.4 Å². The summed E-state index contributed by atoms with van der Waals surface area (Å²) in [5, 5.41) is 17.1. The Hall–Kier alpha value is -1.26. The molecule has 0 heterocycles. The summed E-state index contributed by atoms with van der Waals surface area (Å²) < 4.78 is 12.9. The lowest BCUT2D eigenvalue weighted by Gasteiger charge is -2.04. The van der Waals surface area contributed by atoms with Gasteiger partial charge in [-0.2, -0.15) is 0 Å². The number of carbonyl (C=O) groups is 1. The van der Waals surface area contributed by atoms with Gasteiger partial charge in [-0.25, -0.2) is 4.39 Å². The number of hydrogen-bond donors (Lipinski definition) is 2. The van der Waals surface area contributed by atoms with Gasteiger partial charge in [-0.3, -0.25) is 4.79 Å². The molecule has 0 atom stereocenters. The summed E-state index contributed by atoms with van der Waals surface area (Å²) in [6.45, 7) is 1.68. The molecule has 0 aromatic heterocycles. The zero-order chi connectivity index (χ0) is 10.0. The van der Waals surface area contributed by atoms with E-state index in [-0.39, 0.29) is 5.56 Å². The molecule has 0 radical (unpaired) electrons. The molecule has 1 aromatic carbocycles. The molecule has 0 amide bonds. The molecule has 2 N–H and O–H groups in total. The van der Waals surface area contributed by atoms with Gasteiger partial charge in [0.2, 0.25) is 12.1 Å². The molecule has 1 aromatic rings. The number of hydrogen-bond acceptors (Lipinski definition) is 3. The lowest BCUT2D eigenvalue weighted by atomic mass is 10.1. The van der Waals surface area contributed by atoms with Crippen molar-refractivity contribution in [2.75, 3.05) is 0 Å². The lowest BCUT2D eigenvalue weighted by molar-refractivity contribution is -0.0198. The van der Waals surface area contributed by atoms with E-state index in [1.807, 2.05) is 0 Å². The Morgan fingerprint density at radius 3 is 2.62 bits per heavy atom. The van der Waals surface area contributed by atoms with E-state index in [1.54, 1.807) is 6.92 Å². The molecular formula is C9H9FO3. The van der Waals surface area contributed by atoms with Crippen molar-refractivity contribution in [1.82, 2.24) is 0 Å². The van der Waals surface area contributed by atoms with Gasteiger partial charge in [0, 0.05) is 0 Å². The van der Waals surface area contributed by atoms with Crippen molar-refractivity contribution >= 4 is 5.78 Å². The summed E-state index contributed by atoms with van der Waals surface area (Å²) in [5.74, 6) is -1.77. The Balaban J connectivity index is 3.13. The normalized spacial score (nSPS) is 10.5. The van der Waals surface area contributed by atoms with E-state index in [1.165, 1.54) is 12.1 Å². The van der Waals surface area contributed by atoms with Gasteiger partial charge < -0.3 is 10.2 Å². The summed E-state index contributed by atoms with van der Waals surface area (Å²) in [4.78, 5) is 11.0. The predicted octanol–water partition coefficient (Wildman–Crippen LogP) is 0.628. The molecule has 0 fully saturated rings. The molecule has 0 bridgehead atoms. The number of aryl methyl sites for hydroxylation is 1. The summed E-state index contributed by atoms with van der Waals surface area (Å²) in [6, 6.07) is 3.89. The summed E-state index contributed by atoms with van der Waals surface area (Å²) in [5.41, 5.74) is 0.389. The maximum Gasteiger partial charge on any atom is 0.221 e. The van der Waals surface area contributed by atoms with E-state index < -0.39 is 17.9 Å². The fraction of sp³-hybridized carbons (Fsp3) is 0.222. The second kappa shape index (κ2) is 3.64. The third-order valence-corrected chi connectivity index (χ3v) is 1.62. The topological polar surface area (TPSA) is 57.5 Å². The number of Topliss-reactive ketones (excluding diaryl/α,β-unsaturated/α-hetero) is 1. The fourth-order valence-electron chi connectivity index (χ4n) is 0.967. The van der Waals surface area contributed by atoms with Gasteiger partial charge in [-0.05, 0) is 19.1 Å². The van der Waals surface area contributed by atoms with Crippen LogP contribution in [-0.2, 0) is 0 Å². The molecule has 0 aliphatic heterocycles. The Bertz CT molecular complexity index is 334. The molecule has 4 heteroatoms. The van der Waals surface area contributed by atoms with Gasteiger partial charge in [0.1, 0.15) is 5.82 Å². The van der Waals surface area contributed by atoms with E-state index in [2.05, 4.69) is 0 Å². The van der Waals surface area contributed by atoms with E-state index >= 15 is 0 Å². The van der Waals surface area contributed by atoms with Crippen LogP contribution in [0.25, 0.3) is 0 Å². The highest BCUT2D eigenvalue weighted by Crippen LogP contribution is 2.11. The molecule has 0 saturated carbocycles. The zero-order valence-electron chi connectivity index (χ0n) is 6.99. The highest BCUT2D eigenvalue weighted by Gasteiger charge is 2.17. The summed E-state index contributed by atoms with van der Waals surface area (Å²) in [6.07, 6.45) is -2.16. The van der Waals surface area contributed by atoms with Crippen LogP contribution >= 0.6 is 0 Å². The summed E-state index contributed by atoms with van der Waals surface area (Å²) in [7, 11) is 0. The van der Waals surface area contributed by atoms with Crippen molar-refractivity contribution in [2.24, 2.45) is 0 Å². The van der Waals surface area contributed by atoms with Gasteiger partial charge in [0.25, 0.3) is 0 Å². The fourth-order valence-corrected chi connectivity index (χ4v) is 0.967. The van der Waals surface area contributed by atoms with Gasteiger partial charge in [0.05, 0.1) is 5.56 Å². The van der Waals surface area contributed by atoms with Crippen LogP contribution in [0.5, 0.6) is 0 Å². The molecule has 0 aliphatic carbocycles. The first-order valence-electron chi connectivity index (χ1n) is 3.69. The monoisotopic (exact) mass is 184 g/mol. The molecule has 70 valence electrons. The van der Waals surface area contributed by atoms with Crippen molar-refractivity contribution in [3.63, 3.8) is 0 Å². The number of ketones is 1. The first kappa shape index (κ1) is 9.83. The highest BCUT2D eigenvalue weighted by molar-refractivity contribution is 5.98. The average molecular weight is 184 g/mol. The molecule has 0 aliphatic rings. The maximum atomic E-state index is 12.9. The Labute approximate surface area is 74.4 Å². The zero-order valence-corrected chi connectivity index (χ0v) is 6.99. The minimum absolute atomic E-state index is 0.296. The smallest absolute Gasteiger partial charge is 0.221 e. The van der Waals surface area contributed by atoms with E-state index in [0.717, 1.165) is 6.07 Å². The van der Waals surface area contributed by atoms with Gasteiger partial charge in [-0.1, -0.05) is 11.6 Å². The van der Waals surface area contributed by atoms with E-state index in [0.29, 0.717) is 5.56 Å². The van der Waals surface area contributed by atoms with Crippen LogP contribution in [-0.4, -0.2) is 22.3 Å². The van der Waals surface area contributed by atoms with Gasteiger partial charge in [-0.15, -0.1) is 0 Å². The van der Waals surface area contributed by atoms with Gasteiger partial charge in [0.15, 0.2) is 0 Å². The molecular weight excluding hydrogens is 175 g/mol. The Kier molecular flexibility index (Phi) is 2.75. The van der Waals surface area contributed by atoms with Crippen LogP contribution in [0.2, 0.25) is 0 Å². The Morgan fingerprint density at radius 2 is 2.08 bits per heavy atom. The number of benzene rings is 1. The molecule has 13 heavy (non-hydrogen) atoms. The van der Waals surface area contributed by atoms with Crippen LogP contribution in [0.3, 0.4) is 0 Å². The number of aliphatic hydroxyl groups excluding tert-OH is 1. The third-order valence-electron chi connectivity index (χ3n) is 1.62. The number of carbonyl (C=O) groups excluding carboxylic acids is 1. The molecule has 3 nitrogen and oxygen atoms in total. The SMILES string of the molecule is Cc1ccc(F)c(C(=O)C(O)O)c1. The van der Waals surface area contributed by atoms with E-state index in [4.69, 9.17) is 10.2 Å². The first-order valence-corrected chi connectivity index (χ1v) is 3.69. The lowest BCUT2D eigenvalue weighted by Crippen LogP contribution is -2.20. The number of halogens is 1. The highest BCUT2D eigenvalue weighted by atomic mass is 19.1. The molecule has 0 unspecified atom stereocenters. The maximum absolute atomic E-state index is 12.9. The van der Waals surface area contributed by atoms with Gasteiger partial charge >= 0.3 is 0 Å². The average Bonchev–Trinajstić information content (AvgIpc) is 2.08. The number of aliphatic hydroxyl groups is 2. The van der Waals surface area contributed by atoms with Crippen LogP contribution in [0.4, 0.5) is 4.39 Å². The second-order valence-corrected chi connectivity index (χ2v) is 2.72. The second-order valence-electron chi connectivity index (χ2n) is 2.72. The Morgan fingerprint density at radius 1 is 1.46 bits per heavy atom. The van der Waals surface area contributed by atoms with Crippen LogP contribution < -0.4 is 0 Å². The van der Waals surface area contributed by atoms with Crippen molar-refractivity contribution in [2.45, 2.75) is 13.2 Å². The standard InChI is InChI=1S/C9H9FO3/c1-5-2-3-7(10)6(4-5)8(11)9(12)13/h2-4,9,12-13H,1H3. The predicted molar refractivity (Wildman–Crippen MR) is 43.7 cm³/mol. The quantitative estimate of drug-likeness (QED) is 0.523. The van der Waals surface area contributed by atoms with Crippen LogP contribution in [0.1, 0.15) is 15.9 Å². The largest absolute Gasteiger partial charge is 0.362 e. The van der Waals surface area contributed by atoms with Crippen LogP contribution in [0, 0.1) is 12.7 Å². The van der Waals surface area contributed by atoms with Crippen LogP contribution in [0.15, 0.2) is 18.2 Å². The molecule has 1 rings (SSSR count). The molecule has 0 spiro atoms. The van der Waals surface area contributed by atoms with Crippen molar-refractivity contribution in [1.29, 1.82) is 0 Å². The van der Waals surface area contributed by atoms with Crippen molar-refractivity contribution in [3.05, 3.63) is 35.1 Å². The minimum atomic E-state index is -2.16. The minimum Gasteiger partial charge on any atom is -0.362 e.